The number of aromatic nitrogens is 1. The molecule has 0 unspecified atom stereocenters. The highest BCUT2D eigenvalue weighted by atomic mass is 15.3. The maximum absolute atomic E-state index is 9.76. The molecule has 4 aromatic carbocycles. The summed E-state index contributed by atoms with van der Waals surface area (Å²) < 4.78 is 0. The summed E-state index contributed by atoms with van der Waals surface area (Å²) in [5.74, 6) is 0. The van der Waals surface area contributed by atoms with Crippen LogP contribution in [0.25, 0.3) is 11.1 Å². The Labute approximate surface area is 198 Å². The van der Waals surface area contributed by atoms with Gasteiger partial charge in [0.1, 0.15) is 0 Å². The molecule has 34 heavy (non-hydrogen) atoms. The first kappa shape index (κ1) is 19.8. The number of hydrogen-bond acceptors (Lipinski definition) is 4. The Balaban J connectivity index is 1.63. The van der Waals surface area contributed by atoms with Gasteiger partial charge >= 0.3 is 0 Å². The second kappa shape index (κ2) is 8.23. The van der Waals surface area contributed by atoms with Gasteiger partial charge in [-0.25, -0.2) is 0 Å². The highest BCUT2D eigenvalue weighted by Gasteiger charge is 2.31. The zero-order chi connectivity index (χ0) is 22.9. The summed E-state index contributed by atoms with van der Waals surface area (Å²) in [5, 5.41) is 9.76. The predicted octanol–water partition coefficient (Wildman–Crippen LogP) is 7.87. The molecule has 1 aliphatic heterocycles. The molecule has 0 fully saturated rings. The summed E-state index contributed by atoms with van der Waals surface area (Å²) in [4.78, 5) is 8.90. The van der Waals surface area contributed by atoms with Gasteiger partial charge in [0.2, 0.25) is 0 Å². The minimum Gasteiger partial charge on any atom is -0.306 e. The van der Waals surface area contributed by atoms with Crippen molar-refractivity contribution in [1.82, 2.24) is 4.98 Å². The Morgan fingerprint density at radius 3 is 1.68 bits per heavy atom. The van der Waals surface area contributed by atoms with Crippen LogP contribution in [0.2, 0.25) is 0 Å². The van der Waals surface area contributed by atoms with Crippen LogP contribution >= 0.6 is 0 Å². The second-order valence-corrected chi connectivity index (χ2v) is 8.03. The highest BCUT2D eigenvalue weighted by molar-refractivity contribution is 6.03. The van der Waals surface area contributed by atoms with E-state index >= 15 is 0 Å². The highest BCUT2D eigenvalue weighted by Crippen LogP contribution is 2.55. The molecule has 0 amide bonds. The predicted molar refractivity (Wildman–Crippen MR) is 137 cm³/mol. The summed E-state index contributed by atoms with van der Waals surface area (Å²) in [6.45, 7) is 0. The molecule has 1 aromatic heterocycles. The van der Waals surface area contributed by atoms with Gasteiger partial charge in [0.25, 0.3) is 0 Å². The molecule has 0 radical (unpaired) electrons. The third-order valence-corrected chi connectivity index (χ3v) is 6.12. The Hall–Kier alpha value is -4.88. The maximum atomic E-state index is 9.76. The van der Waals surface area contributed by atoms with E-state index in [2.05, 4.69) is 106 Å². The smallest absolute Gasteiger partial charge is 0.0999 e. The number of rotatable bonds is 3. The molecular weight excluding hydrogens is 416 g/mol. The molecule has 0 bridgehead atoms. The van der Waals surface area contributed by atoms with Gasteiger partial charge < -0.3 is 9.80 Å². The van der Waals surface area contributed by atoms with E-state index in [1.54, 1.807) is 18.5 Å². The van der Waals surface area contributed by atoms with Crippen molar-refractivity contribution in [1.29, 1.82) is 5.26 Å². The van der Waals surface area contributed by atoms with E-state index in [4.69, 9.17) is 0 Å². The lowest BCUT2D eigenvalue weighted by atomic mass is 9.98. The Morgan fingerprint density at radius 2 is 1.06 bits per heavy atom. The van der Waals surface area contributed by atoms with Crippen LogP contribution < -0.4 is 9.80 Å². The normalized spacial score (nSPS) is 12.0. The lowest BCUT2D eigenvalue weighted by Crippen LogP contribution is -2.24. The average molecular weight is 437 g/mol. The lowest BCUT2D eigenvalue weighted by molar-refractivity contribution is 1.17. The molecule has 6 rings (SSSR count). The van der Waals surface area contributed by atoms with Crippen LogP contribution in [-0.2, 0) is 0 Å². The molecule has 0 saturated heterocycles. The van der Waals surface area contributed by atoms with Crippen molar-refractivity contribution < 1.29 is 0 Å². The fraction of sp³-hybridized carbons (Fsp3) is 0. The van der Waals surface area contributed by atoms with Crippen molar-refractivity contribution >= 4 is 34.1 Å². The summed E-state index contributed by atoms with van der Waals surface area (Å²) in [6, 6.07) is 39.6. The second-order valence-electron chi connectivity index (χ2n) is 8.03. The molecule has 2 heterocycles. The first-order valence-electron chi connectivity index (χ1n) is 11.1. The minimum atomic E-state index is 0.604. The fourth-order valence-corrected chi connectivity index (χ4v) is 4.66. The Bertz CT molecular complexity index is 1490. The van der Waals surface area contributed by atoms with Gasteiger partial charge in [-0.05, 0) is 48.5 Å². The van der Waals surface area contributed by atoms with E-state index in [1.165, 1.54) is 0 Å². The number of nitriles is 1. The fourth-order valence-electron chi connectivity index (χ4n) is 4.66. The van der Waals surface area contributed by atoms with Gasteiger partial charge in [-0.3, -0.25) is 4.98 Å². The van der Waals surface area contributed by atoms with Crippen LogP contribution in [0.5, 0.6) is 0 Å². The third-order valence-electron chi connectivity index (χ3n) is 6.12. The molecule has 4 nitrogen and oxygen atoms in total. The lowest BCUT2D eigenvalue weighted by Gasteiger charge is -2.40. The van der Waals surface area contributed by atoms with Gasteiger partial charge in [0, 0.05) is 29.2 Å². The summed E-state index contributed by atoms with van der Waals surface area (Å²) in [5.41, 5.74) is 8.81. The van der Waals surface area contributed by atoms with Gasteiger partial charge in [-0.2, -0.15) is 5.26 Å². The van der Waals surface area contributed by atoms with Crippen molar-refractivity contribution in [2.45, 2.75) is 0 Å². The summed E-state index contributed by atoms with van der Waals surface area (Å²) in [7, 11) is 0. The Morgan fingerprint density at radius 1 is 0.529 bits per heavy atom. The zero-order valence-corrected chi connectivity index (χ0v) is 18.3. The van der Waals surface area contributed by atoms with E-state index < -0.39 is 0 Å². The quantitative estimate of drug-likeness (QED) is 0.283. The van der Waals surface area contributed by atoms with Crippen LogP contribution in [0, 0.1) is 11.3 Å². The molecule has 1 aliphatic rings. The van der Waals surface area contributed by atoms with Crippen LogP contribution in [-0.4, -0.2) is 4.98 Å². The molecule has 0 saturated carbocycles. The number of nitrogens with zero attached hydrogens (tertiary/aromatic N) is 4. The molecule has 0 aliphatic carbocycles. The standard InChI is InChI=1S/C30H20N4/c31-20-22-18-19-32-21-25(22)24-12-4-5-13-26(24)34-29-16-8-6-14-27(29)33(23-10-2-1-3-11-23)28-15-7-9-17-30(28)34/h1-19,21H. The van der Waals surface area contributed by atoms with Gasteiger partial charge in [-0.15, -0.1) is 0 Å². The minimum absolute atomic E-state index is 0.604. The molecule has 0 N–H and O–H groups in total. The number of hydrogen-bond donors (Lipinski definition) is 0. The SMILES string of the molecule is N#Cc1ccncc1-c1ccccc1N1c2ccccc2N(c2ccccc2)c2ccccc21. The number of anilines is 6. The molecule has 0 atom stereocenters. The molecule has 160 valence electrons. The monoisotopic (exact) mass is 436 g/mol. The Kier molecular flexibility index (Phi) is 4.79. The maximum Gasteiger partial charge on any atom is 0.0999 e. The molecule has 0 spiro atoms. The van der Waals surface area contributed by atoms with Crippen LogP contribution in [0.3, 0.4) is 0 Å². The van der Waals surface area contributed by atoms with E-state index in [0.717, 1.165) is 45.3 Å². The molecule has 5 aromatic rings. The molecular formula is C30H20N4. The van der Waals surface area contributed by atoms with Crippen LogP contribution in [0.4, 0.5) is 34.1 Å². The van der Waals surface area contributed by atoms with Gasteiger partial charge in [0.15, 0.2) is 0 Å². The van der Waals surface area contributed by atoms with E-state index in [9.17, 15) is 5.26 Å². The van der Waals surface area contributed by atoms with Crippen LogP contribution in [0.1, 0.15) is 5.56 Å². The molecule has 4 heteroatoms. The van der Waals surface area contributed by atoms with Gasteiger partial charge in [0.05, 0.1) is 40.1 Å². The third kappa shape index (κ3) is 3.11. The van der Waals surface area contributed by atoms with E-state index in [1.807, 2.05) is 18.2 Å². The van der Waals surface area contributed by atoms with Crippen molar-refractivity contribution in [2.24, 2.45) is 0 Å². The topological polar surface area (TPSA) is 43.2 Å². The van der Waals surface area contributed by atoms with Crippen molar-refractivity contribution in [3.63, 3.8) is 0 Å². The van der Waals surface area contributed by atoms with E-state index in [0.29, 0.717) is 5.56 Å². The summed E-state index contributed by atoms with van der Waals surface area (Å²) >= 11 is 0. The number of benzene rings is 4. The zero-order valence-electron chi connectivity index (χ0n) is 18.3. The average Bonchev–Trinajstić information content (AvgIpc) is 2.92. The van der Waals surface area contributed by atoms with Crippen molar-refractivity contribution in [2.75, 3.05) is 9.80 Å². The number of pyridine rings is 1. The summed E-state index contributed by atoms with van der Waals surface area (Å²) in [6.07, 6.45) is 3.43. The first-order valence-corrected chi connectivity index (χ1v) is 11.1. The van der Waals surface area contributed by atoms with Crippen molar-refractivity contribution in [3.8, 4) is 17.2 Å². The number of para-hydroxylation sites is 6. The van der Waals surface area contributed by atoms with E-state index in [-0.39, 0.29) is 0 Å². The first-order chi connectivity index (χ1) is 16.9. The largest absolute Gasteiger partial charge is 0.306 e. The number of fused-ring (bicyclic) bond motifs is 2. The van der Waals surface area contributed by atoms with Crippen molar-refractivity contribution in [3.05, 3.63) is 127 Å². The van der Waals surface area contributed by atoms with Gasteiger partial charge in [-0.1, -0.05) is 60.7 Å². The van der Waals surface area contributed by atoms with Crippen LogP contribution in [0.15, 0.2) is 122 Å².